The second kappa shape index (κ2) is 10.3. The third kappa shape index (κ3) is 11.2. The lowest BCUT2D eigenvalue weighted by molar-refractivity contribution is 0.0502. The fourth-order valence-electron chi connectivity index (χ4n) is 1.79. The molecule has 1 amide bonds. The first-order chi connectivity index (χ1) is 10.2. The Bertz CT molecular complexity index is 349. The minimum Gasteiger partial charge on any atom is -0.444 e. The number of carbonyl (C=O) groups is 1. The lowest BCUT2D eigenvalue weighted by Gasteiger charge is -2.24. The number of ether oxygens (including phenoxy) is 1. The number of nitrogens with zero attached hydrogens (tertiary/aromatic N) is 1. The van der Waals surface area contributed by atoms with Gasteiger partial charge in [-0.3, -0.25) is 4.99 Å². The van der Waals surface area contributed by atoms with Crippen molar-refractivity contribution in [3.63, 3.8) is 0 Å². The Kier molecular flexibility index (Phi) is 9.61. The van der Waals surface area contributed by atoms with Crippen LogP contribution < -0.4 is 16.0 Å². The van der Waals surface area contributed by atoms with Gasteiger partial charge < -0.3 is 20.7 Å². The SMILES string of the molecule is CCCC(CNC(=NC)NCC(C)C)NC(=O)OC(C)(C)C. The van der Waals surface area contributed by atoms with E-state index in [-0.39, 0.29) is 12.1 Å². The van der Waals surface area contributed by atoms with E-state index in [0.29, 0.717) is 12.5 Å². The normalized spacial score (nSPS) is 13.7. The van der Waals surface area contributed by atoms with Crippen LogP contribution in [0.15, 0.2) is 4.99 Å². The van der Waals surface area contributed by atoms with Crippen LogP contribution in [-0.4, -0.2) is 43.8 Å². The van der Waals surface area contributed by atoms with E-state index in [1.165, 1.54) is 0 Å². The van der Waals surface area contributed by atoms with Gasteiger partial charge in [-0.25, -0.2) is 4.79 Å². The summed E-state index contributed by atoms with van der Waals surface area (Å²) in [6, 6.07) is 0.0115. The fraction of sp³-hybridized carbons (Fsp3) is 0.875. The summed E-state index contributed by atoms with van der Waals surface area (Å²) in [4.78, 5) is 16.0. The fourth-order valence-corrected chi connectivity index (χ4v) is 1.79. The molecule has 0 radical (unpaired) electrons. The number of amides is 1. The third-order valence-electron chi connectivity index (χ3n) is 2.78. The number of alkyl carbamates (subject to hydrolysis) is 1. The van der Waals surface area contributed by atoms with E-state index in [1.54, 1.807) is 7.05 Å². The van der Waals surface area contributed by atoms with Gasteiger partial charge in [0.05, 0.1) is 0 Å². The van der Waals surface area contributed by atoms with Crippen LogP contribution in [0.4, 0.5) is 4.79 Å². The van der Waals surface area contributed by atoms with Crippen molar-refractivity contribution >= 4 is 12.1 Å². The molecule has 1 atom stereocenters. The molecule has 0 rings (SSSR count). The first-order valence-electron chi connectivity index (χ1n) is 8.12. The standard InChI is InChI=1S/C16H34N4O2/c1-8-9-13(20-15(21)22-16(4,5)6)11-19-14(17-7)18-10-12(2)3/h12-13H,8-11H2,1-7H3,(H,20,21)(H2,17,18,19). The van der Waals surface area contributed by atoms with E-state index < -0.39 is 5.60 Å². The first-order valence-corrected chi connectivity index (χ1v) is 8.12. The topological polar surface area (TPSA) is 74.8 Å². The number of guanidine groups is 1. The van der Waals surface area contributed by atoms with E-state index >= 15 is 0 Å². The summed E-state index contributed by atoms with van der Waals surface area (Å²) < 4.78 is 5.30. The van der Waals surface area contributed by atoms with E-state index in [2.05, 4.69) is 41.7 Å². The van der Waals surface area contributed by atoms with E-state index in [1.807, 2.05) is 20.8 Å². The van der Waals surface area contributed by atoms with Crippen LogP contribution in [0.2, 0.25) is 0 Å². The Balaban J connectivity index is 4.36. The second-order valence-electron chi connectivity index (χ2n) is 6.86. The van der Waals surface area contributed by atoms with Gasteiger partial charge in [-0.15, -0.1) is 0 Å². The van der Waals surface area contributed by atoms with Crippen LogP contribution in [0.3, 0.4) is 0 Å². The van der Waals surface area contributed by atoms with Crippen molar-refractivity contribution in [2.24, 2.45) is 10.9 Å². The molecule has 0 aliphatic heterocycles. The molecular weight excluding hydrogens is 280 g/mol. The third-order valence-corrected chi connectivity index (χ3v) is 2.78. The van der Waals surface area contributed by atoms with Gasteiger partial charge in [0.2, 0.25) is 0 Å². The molecule has 0 spiro atoms. The van der Waals surface area contributed by atoms with Crippen molar-refractivity contribution in [1.29, 1.82) is 0 Å². The highest BCUT2D eigenvalue weighted by Gasteiger charge is 2.19. The predicted molar refractivity (Wildman–Crippen MR) is 92.3 cm³/mol. The zero-order valence-electron chi connectivity index (χ0n) is 15.2. The van der Waals surface area contributed by atoms with Crippen LogP contribution >= 0.6 is 0 Å². The predicted octanol–water partition coefficient (Wildman–Crippen LogP) is 2.50. The highest BCUT2D eigenvalue weighted by molar-refractivity contribution is 5.79. The van der Waals surface area contributed by atoms with Gasteiger partial charge in [-0.2, -0.15) is 0 Å². The molecule has 1 unspecified atom stereocenters. The smallest absolute Gasteiger partial charge is 0.407 e. The van der Waals surface area contributed by atoms with Gasteiger partial charge in [0.25, 0.3) is 0 Å². The molecule has 0 aromatic carbocycles. The zero-order chi connectivity index (χ0) is 17.2. The summed E-state index contributed by atoms with van der Waals surface area (Å²) in [5.74, 6) is 1.30. The van der Waals surface area contributed by atoms with Crippen LogP contribution in [0, 0.1) is 5.92 Å². The lowest BCUT2D eigenvalue weighted by atomic mass is 10.1. The van der Waals surface area contributed by atoms with Crippen molar-refractivity contribution < 1.29 is 9.53 Å². The lowest BCUT2D eigenvalue weighted by Crippen LogP contribution is -2.48. The van der Waals surface area contributed by atoms with E-state index in [4.69, 9.17) is 4.74 Å². The molecular formula is C16H34N4O2. The summed E-state index contributed by atoms with van der Waals surface area (Å²) >= 11 is 0. The van der Waals surface area contributed by atoms with Crippen molar-refractivity contribution in [2.45, 2.75) is 66.0 Å². The number of hydrogen-bond acceptors (Lipinski definition) is 3. The maximum atomic E-state index is 11.9. The maximum absolute atomic E-state index is 11.9. The molecule has 6 heteroatoms. The van der Waals surface area contributed by atoms with Gasteiger partial charge in [0.1, 0.15) is 5.60 Å². The molecule has 0 saturated carbocycles. The van der Waals surface area contributed by atoms with Crippen molar-refractivity contribution in [1.82, 2.24) is 16.0 Å². The summed E-state index contributed by atoms with van der Waals surface area (Å²) in [6.07, 6.45) is 1.49. The number of carbonyl (C=O) groups excluding carboxylic acids is 1. The Morgan fingerprint density at radius 1 is 1.18 bits per heavy atom. The molecule has 3 N–H and O–H groups in total. The summed E-state index contributed by atoms with van der Waals surface area (Å²) in [5.41, 5.74) is -0.483. The van der Waals surface area contributed by atoms with Crippen molar-refractivity contribution in [2.75, 3.05) is 20.1 Å². The molecule has 0 fully saturated rings. The minimum atomic E-state index is -0.483. The molecule has 0 bridgehead atoms. The van der Waals surface area contributed by atoms with Crippen LogP contribution in [-0.2, 0) is 4.74 Å². The van der Waals surface area contributed by atoms with Crippen molar-refractivity contribution in [3.8, 4) is 0 Å². The maximum Gasteiger partial charge on any atom is 0.407 e. The van der Waals surface area contributed by atoms with Crippen LogP contribution in [0.1, 0.15) is 54.4 Å². The van der Waals surface area contributed by atoms with Crippen LogP contribution in [0.5, 0.6) is 0 Å². The Morgan fingerprint density at radius 3 is 2.23 bits per heavy atom. The number of rotatable bonds is 7. The molecule has 0 aliphatic carbocycles. The molecule has 22 heavy (non-hydrogen) atoms. The molecule has 0 aromatic rings. The number of hydrogen-bond donors (Lipinski definition) is 3. The highest BCUT2D eigenvalue weighted by Crippen LogP contribution is 2.07. The Hall–Kier alpha value is -1.46. The quantitative estimate of drug-likeness (QED) is 0.498. The average molecular weight is 314 g/mol. The van der Waals surface area contributed by atoms with Gasteiger partial charge in [-0.1, -0.05) is 27.2 Å². The highest BCUT2D eigenvalue weighted by atomic mass is 16.6. The van der Waals surface area contributed by atoms with Crippen LogP contribution in [0.25, 0.3) is 0 Å². The Labute approximate surface area is 135 Å². The summed E-state index contributed by atoms with van der Waals surface area (Å²) in [5, 5.41) is 9.41. The summed E-state index contributed by atoms with van der Waals surface area (Å²) in [6.45, 7) is 13.4. The average Bonchev–Trinajstić information content (AvgIpc) is 2.36. The second-order valence-corrected chi connectivity index (χ2v) is 6.86. The monoisotopic (exact) mass is 314 g/mol. The summed E-state index contributed by atoms with van der Waals surface area (Å²) in [7, 11) is 1.74. The largest absolute Gasteiger partial charge is 0.444 e. The van der Waals surface area contributed by atoms with E-state index in [0.717, 1.165) is 25.3 Å². The van der Waals surface area contributed by atoms with Gasteiger partial charge in [-0.05, 0) is 33.1 Å². The molecule has 0 heterocycles. The van der Waals surface area contributed by atoms with Gasteiger partial charge in [0, 0.05) is 26.2 Å². The van der Waals surface area contributed by atoms with E-state index in [9.17, 15) is 4.79 Å². The van der Waals surface area contributed by atoms with Gasteiger partial charge >= 0.3 is 6.09 Å². The number of aliphatic imine (C=N–C) groups is 1. The minimum absolute atomic E-state index is 0.0115. The van der Waals surface area contributed by atoms with Gasteiger partial charge in [0.15, 0.2) is 5.96 Å². The van der Waals surface area contributed by atoms with Crippen molar-refractivity contribution in [3.05, 3.63) is 0 Å². The molecule has 6 nitrogen and oxygen atoms in total. The first kappa shape index (κ1) is 20.5. The zero-order valence-corrected chi connectivity index (χ0v) is 15.2. The molecule has 0 aliphatic rings. The molecule has 0 aromatic heterocycles. The molecule has 130 valence electrons. The Morgan fingerprint density at radius 2 is 1.77 bits per heavy atom. The number of nitrogens with one attached hydrogen (secondary N) is 3. The molecule has 0 saturated heterocycles.